The number of nitro benzene ring substituents is 1. The molecule has 0 aliphatic heterocycles. The van der Waals surface area contributed by atoms with Gasteiger partial charge in [0.05, 0.1) is 26.4 Å². The fourth-order valence-electron chi connectivity index (χ4n) is 1.61. The maximum Gasteiger partial charge on any atom is 0.308 e. The first-order valence-electron chi connectivity index (χ1n) is 5.76. The number of hydrogen-bond donors (Lipinski definition) is 1. The molecule has 1 N–H and O–H groups in total. The minimum atomic E-state index is -1.06. The zero-order valence-electron chi connectivity index (χ0n) is 11.2. The number of non-ortho nitro benzene ring substituents is 1. The Kier molecular flexibility index (Phi) is 5.51. The number of halogens is 2. The number of carboxylic acid groups (broad SMARTS) is 1. The molecule has 1 amide bonds. The van der Waals surface area contributed by atoms with Gasteiger partial charge < -0.3 is 10.0 Å². The van der Waals surface area contributed by atoms with Crippen molar-refractivity contribution < 1.29 is 19.6 Å². The molecular weight excluding hydrogens is 323 g/mol. The van der Waals surface area contributed by atoms with E-state index in [1.165, 1.54) is 14.0 Å². The number of benzene rings is 1. The molecule has 7 nitrogen and oxygen atoms in total. The number of amides is 1. The quantitative estimate of drug-likeness (QED) is 0.658. The topological polar surface area (TPSA) is 101 Å². The Morgan fingerprint density at radius 3 is 2.48 bits per heavy atom. The fourth-order valence-corrected chi connectivity index (χ4v) is 2.02. The summed E-state index contributed by atoms with van der Waals surface area (Å²) in [6, 6.07) is 2.05. The third kappa shape index (κ3) is 4.05. The van der Waals surface area contributed by atoms with Crippen LogP contribution in [0.2, 0.25) is 10.0 Å². The maximum atomic E-state index is 12.2. The highest BCUT2D eigenvalue weighted by Crippen LogP contribution is 2.31. The van der Waals surface area contributed by atoms with Crippen molar-refractivity contribution in [3.05, 3.63) is 37.9 Å². The van der Waals surface area contributed by atoms with E-state index in [4.69, 9.17) is 28.3 Å². The lowest BCUT2D eigenvalue weighted by Crippen LogP contribution is -2.33. The zero-order valence-corrected chi connectivity index (χ0v) is 12.7. The minimum Gasteiger partial charge on any atom is -0.481 e. The molecule has 0 spiro atoms. The molecule has 0 saturated carbocycles. The smallest absolute Gasteiger partial charge is 0.308 e. The molecule has 1 aromatic rings. The monoisotopic (exact) mass is 334 g/mol. The molecule has 0 bridgehead atoms. The summed E-state index contributed by atoms with van der Waals surface area (Å²) < 4.78 is 0. The minimum absolute atomic E-state index is 0.0647. The summed E-state index contributed by atoms with van der Waals surface area (Å²) in [5.74, 6) is -2.48. The number of carboxylic acids is 1. The highest BCUT2D eigenvalue weighted by Gasteiger charge is 2.24. The highest BCUT2D eigenvalue weighted by molar-refractivity contribution is 6.44. The van der Waals surface area contributed by atoms with Crippen LogP contribution in [0.4, 0.5) is 5.69 Å². The van der Waals surface area contributed by atoms with Crippen molar-refractivity contribution in [3.63, 3.8) is 0 Å². The van der Waals surface area contributed by atoms with E-state index >= 15 is 0 Å². The molecule has 1 aromatic carbocycles. The molecule has 0 radical (unpaired) electrons. The van der Waals surface area contributed by atoms with E-state index in [2.05, 4.69) is 0 Å². The van der Waals surface area contributed by atoms with E-state index < -0.39 is 22.7 Å². The molecule has 1 unspecified atom stereocenters. The molecule has 21 heavy (non-hydrogen) atoms. The second-order valence-corrected chi connectivity index (χ2v) is 5.26. The number of hydrogen-bond acceptors (Lipinski definition) is 4. The Labute approximate surface area is 130 Å². The lowest BCUT2D eigenvalue weighted by atomic mass is 10.1. The Balaban J connectivity index is 3.12. The van der Waals surface area contributed by atoms with Gasteiger partial charge in [-0.15, -0.1) is 0 Å². The molecule has 0 saturated heterocycles. The van der Waals surface area contributed by atoms with Crippen LogP contribution < -0.4 is 0 Å². The average Bonchev–Trinajstić information content (AvgIpc) is 2.40. The average molecular weight is 335 g/mol. The molecule has 0 aliphatic rings. The number of nitrogens with zero attached hydrogens (tertiary/aromatic N) is 2. The van der Waals surface area contributed by atoms with Crippen LogP contribution in [-0.2, 0) is 4.79 Å². The summed E-state index contributed by atoms with van der Waals surface area (Å²) in [5, 5.41) is 19.4. The maximum absolute atomic E-state index is 12.2. The molecule has 114 valence electrons. The Morgan fingerprint density at radius 2 is 2.00 bits per heavy atom. The lowest BCUT2D eigenvalue weighted by Gasteiger charge is -2.20. The summed E-state index contributed by atoms with van der Waals surface area (Å²) in [7, 11) is 1.38. The van der Waals surface area contributed by atoms with Crippen LogP contribution in [0, 0.1) is 16.0 Å². The summed E-state index contributed by atoms with van der Waals surface area (Å²) >= 11 is 11.7. The Morgan fingerprint density at radius 1 is 1.43 bits per heavy atom. The molecule has 0 fully saturated rings. The van der Waals surface area contributed by atoms with Crippen LogP contribution in [0.15, 0.2) is 12.1 Å². The standard InChI is InChI=1S/C12H12Cl2N2O5/c1-6(12(18)19)5-15(2)11(17)8-3-7(16(20)21)4-9(13)10(8)14/h3-4,6H,5H2,1-2H3,(H,18,19). The Bertz CT molecular complexity index is 606. The molecule has 0 heterocycles. The van der Waals surface area contributed by atoms with Gasteiger partial charge in [0.1, 0.15) is 0 Å². The van der Waals surface area contributed by atoms with Crippen LogP contribution in [0.3, 0.4) is 0 Å². The van der Waals surface area contributed by atoms with Gasteiger partial charge in [-0.1, -0.05) is 30.1 Å². The zero-order chi connectivity index (χ0) is 16.3. The molecular formula is C12H12Cl2N2O5. The van der Waals surface area contributed by atoms with Crippen LogP contribution in [0.5, 0.6) is 0 Å². The van der Waals surface area contributed by atoms with Crippen LogP contribution in [-0.4, -0.2) is 40.4 Å². The van der Waals surface area contributed by atoms with E-state index in [1.807, 2.05) is 0 Å². The van der Waals surface area contributed by atoms with E-state index in [1.54, 1.807) is 0 Å². The highest BCUT2D eigenvalue weighted by atomic mass is 35.5. The lowest BCUT2D eigenvalue weighted by molar-refractivity contribution is -0.384. The third-order valence-corrected chi connectivity index (χ3v) is 3.57. The van der Waals surface area contributed by atoms with Gasteiger partial charge in [-0.3, -0.25) is 19.7 Å². The van der Waals surface area contributed by atoms with Gasteiger partial charge in [0.25, 0.3) is 11.6 Å². The van der Waals surface area contributed by atoms with Crippen molar-refractivity contribution in [2.24, 2.45) is 5.92 Å². The van der Waals surface area contributed by atoms with Crippen molar-refractivity contribution in [2.45, 2.75) is 6.92 Å². The molecule has 0 aliphatic carbocycles. The molecule has 0 aromatic heterocycles. The van der Waals surface area contributed by atoms with E-state index in [0.29, 0.717) is 0 Å². The van der Waals surface area contributed by atoms with Gasteiger partial charge in [0.15, 0.2) is 0 Å². The molecule has 1 atom stereocenters. The van der Waals surface area contributed by atoms with Crippen molar-refractivity contribution >= 4 is 40.8 Å². The Hall–Kier alpha value is -1.86. The number of rotatable bonds is 5. The van der Waals surface area contributed by atoms with E-state index in [9.17, 15) is 19.7 Å². The third-order valence-electron chi connectivity index (χ3n) is 2.77. The van der Waals surface area contributed by atoms with E-state index in [0.717, 1.165) is 17.0 Å². The van der Waals surface area contributed by atoms with Crippen LogP contribution in [0.25, 0.3) is 0 Å². The van der Waals surface area contributed by atoms with Gasteiger partial charge in [0.2, 0.25) is 0 Å². The molecule has 9 heteroatoms. The van der Waals surface area contributed by atoms with Gasteiger partial charge >= 0.3 is 5.97 Å². The second kappa shape index (κ2) is 6.73. The predicted octanol–water partition coefficient (Wildman–Crippen LogP) is 2.69. The van der Waals surface area contributed by atoms with Crippen molar-refractivity contribution in [1.29, 1.82) is 0 Å². The molecule has 1 rings (SSSR count). The summed E-state index contributed by atoms with van der Waals surface area (Å²) in [6.07, 6.45) is 0. The normalized spacial score (nSPS) is 11.8. The van der Waals surface area contributed by atoms with Crippen molar-refractivity contribution in [3.8, 4) is 0 Å². The SMILES string of the molecule is CC(CN(C)C(=O)c1cc([N+](=O)[O-])cc(Cl)c1Cl)C(=O)O. The predicted molar refractivity (Wildman–Crippen MR) is 76.9 cm³/mol. The first-order chi connectivity index (χ1) is 9.65. The number of carbonyl (C=O) groups excluding carboxylic acids is 1. The van der Waals surface area contributed by atoms with Crippen molar-refractivity contribution in [1.82, 2.24) is 4.90 Å². The summed E-state index contributed by atoms with van der Waals surface area (Å²) in [4.78, 5) is 34.2. The van der Waals surface area contributed by atoms with Crippen molar-refractivity contribution in [2.75, 3.05) is 13.6 Å². The summed E-state index contributed by atoms with van der Waals surface area (Å²) in [5.41, 5.74) is -0.511. The first kappa shape index (κ1) is 17.2. The van der Waals surface area contributed by atoms with Gasteiger partial charge in [-0.2, -0.15) is 0 Å². The van der Waals surface area contributed by atoms with Gasteiger partial charge in [-0.05, 0) is 0 Å². The number of aliphatic carboxylic acids is 1. The fraction of sp³-hybridized carbons (Fsp3) is 0.333. The van der Waals surface area contributed by atoms with Crippen LogP contribution in [0.1, 0.15) is 17.3 Å². The largest absolute Gasteiger partial charge is 0.481 e. The number of nitro groups is 1. The first-order valence-corrected chi connectivity index (χ1v) is 6.52. The van der Waals surface area contributed by atoms with Gasteiger partial charge in [0, 0.05) is 25.7 Å². The summed E-state index contributed by atoms with van der Waals surface area (Å²) in [6.45, 7) is 1.37. The second-order valence-electron chi connectivity index (χ2n) is 4.47. The van der Waals surface area contributed by atoms with Crippen LogP contribution >= 0.6 is 23.2 Å². The number of carbonyl (C=O) groups is 2. The van der Waals surface area contributed by atoms with Gasteiger partial charge in [-0.25, -0.2) is 0 Å². The van der Waals surface area contributed by atoms with E-state index in [-0.39, 0.29) is 27.8 Å².